The zero-order valence-electron chi connectivity index (χ0n) is 10.7. The predicted octanol–water partition coefficient (Wildman–Crippen LogP) is 0.332. The molecule has 0 bridgehead atoms. The third kappa shape index (κ3) is 2.94. The second-order valence-electron chi connectivity index (χ2n) is 5.54. The van der Waals surface area contributed by atoms with E-state index in [0.29, 0.717) is 12.0 Å². The number of hydrogen-bond donors (Lipinski definition) is 1. The molecule has 2 fully saturated rings. The van der Waals surface area contributed by atoms with Gasteiger partial charge in [-0.15, -0.1) is 0 Å². The molecule has 2 aliphatic rings. The van der Waals surface area contributed by atoms with Crippen molar-refractivity contribution in [2.75, 3.05) is 46.5 Å². The Labute approximate surface area is 98.3 Å². The van der Waals surface area contributed by atoms with E-state index in [1.54, 1.807) is 0 Å². The van der Waals surface area contributed by atoms with E-state index in [4.69, 9.17) is 9.47 Å². The molecule has 0 aromatic heterocycles. The number of likely N-dealkylation sites (N-methyl/N-ethyl adjacent to an activating group) is 1. The summed E-state index contributed by atoms with van der Waals surface area (Å²) in [4.78, 5) is 2.51. The lowest BCUT2D eigenvalue weighted by molar-refractivity contribution is -0.0894. The molecule has 1 N–H and O–H groups in total. The molecular formula is C12H24N2O2. The van der Waals surface area contributed by atoms with Crippen LogP contribution < -0.4 is 5.32 Å². The lowest BCUT2D eigenvalue weighted by Gasteiger charge is -2.39. The van der Waals surface area contributed by atoms with Gasteiger partial charge in [-0.2, -0.15) is 0 Å². The van der Waals surface area contributed by atoms with E-state index >= 15 is 0 Å². The molecule has 4 nitrogen and oxygen atoms in total. The molecule has 2 aliphatic heterocycles. The van der Waals surface area contributed by atoms with Gasteiger partial charge in [0.1, 0.15) is 0 Å². The Hall–Kier alpha value is -0.160. The fraction of sp³-hybridized carbons (Fsp3) is 1.00. The summed E-state index contributed by atoms with van der Waals surface area (Å²) in [5, 5.41) is 3.34. The highest BCUT2D eigenvalue weighted by molar-refractivity contribution is 4.86. The van der Waals surface area contributed by atoms with Crippen LogP contribution in [-0.2, 0) is 9.47 Å². The smallest absolute Gasteiger partial charge is 0.0753 e. The molecule has 0 spiro atoms. The van der Waals surface area contributed by atoms with Crippen molar-refractivity contribution in [2.45, 2.75) is 25.5 Å². The number of nitrogens with zero attached hydrogens (tertiary/aromatic N) is 1. The van der Waals surface area contributed by atoms with Gasteiger partial charge in [-0.1, -0.05) is 0 Å². The van der Waals surface area contributed by atoms with Gasteiger partial charge in [0.15, 0.2) is 0 Å². The minimum atomic E-state index is 0.00680. The first-order chi connectivity index (χ1) is 7.61. The average molecular weight is 228 g/mol. The van der Waals surface area contributed by atoms with Crippen LogP contribution in [0.2, 0.25) is 0 Å². The lowest BCUT2D eigenvalue weighted by atomic mass is 10.0. The highest BCUT2D eigenvalue weighted by Crippen LogP contribution is 2.20. The van der Waals surface area contributed by atoms with E-state index in [1.807, 2.05) is 7.05 Å². The van der Waals surface area contributed by atoms with Crippen molar-refractivity contribution in [2.24, 2.45) is 5.92 Å². The van der Waals surface area contributed by atoms with Crippen LogP contribution in [0.4, 0.5) is 0 Å². The molecule has 0 aromatic carbocycles. The third-order valence-corrected chi connectivity index (χ3v) is 3.57. The summed E-state index contributed by atoms with van der Waals surface area (Å²) in [7, 11) is 2.02. The quantitative estimate of drug-likeness (QED) is 0.755. The predicted molar refractivity (Wildman–Crippen MR) is 63.6 cm³/mol. The molecule has 0 radical (unpaired) electrons. The van der Waals surface area contributed by atoms with E-state index in [-0.39, 0.29) is 5.60 Å². The minimum Gasteiger partial charge on any atom is -0.379 e. The largest absolute Gasteiger partial charge is 0.379 e. The topological polar surface area (TPSA) is 33.7 Å². The van der Waals surface area contributed by atoms with Gasteiger partial charge >= 0.3 is 0 Å². The maximum Gasteiger partial charge on any atom is 0.0753 e. The van der Waals surface area contributed by atoms with Crippen LogP contribution in [0.3, 0.4) is 0 Å². The Kier molecular flexibility index (Phi) is 3.85. The summed E-state index contributed by atoms with van der Waals surface area (Å²) in [5.41, 5.74) is 0.00680. The fourth-order valence-corrected chi connectivity index (χ4v) is 2.70. The van der Waals surface area contributed by atoms with E-state index in [0.717, 1.165) is 39.5 Å². The van der Waals surface area contributed by atoms with Crippen molar-refractivity contribution in [1.82, 2.24) is 10.2 Å². The summed E-state index contributed by atoms with van der Waals surface area (Å²) in [6, 6.07) is 0.519. The van der Waals surface area contributed by atoms with E-state index in [2.05, 4.69) is 24.1 Å². The van der Waals surface area contributed by atoms with Gasteiger partial charge in [0.05, 0.1) is 25.4 Å². The summed E-state index contributed by atoms with van der Waals surface area (Å²) in [6.45, 7) is 10.1. The molecule has 0 saturated carbocycles. The van der Waals surface area contributed by atoms with Gasteiger partial charge in [-0.3, -0.25) is 4.90 Å². The van der Waals surface area contributed by atoms with E-state index < -0.39 is 0 Å². The number of nitrogens with one attached hydrogen (secondary N) is 1. The van der Waals surface area contributed by atoms with E-state index in [9.17, 15) is 0 Å². The highest BCUT2D eigenvalue weighted by atomic mass is 16.5. The zero-order valence-corrected chi connectivity index (χ0v) is 10.7. The summed E-state index contributed by atoms with van der Waals surface area (Å²) in [5.74, 6) is 0.624. The second kappa shape index (κ2) is 5.00. The van der Waals surface area contributed by atoms with Crippen LogP contribution in [0.25, 0.3) is 0 Å². The lowest BCUT2D eigenvalue weighted by Crippen LogP contribution is -2.51. The van der Waals surface area contributed by atoms with Crippen molar-refractivity contribution >= 4 is 0 Å². The first-order valence-electron chi connectivity index (χ1n) is 6.22. The number of morpholine rings is 1. The van der Waals surface area contributed by atoms with Crippen molar-refractivity contribution < 1.29 is 9.47 Å². The normalized spacial score (nSPS) is 35.4. The average Bonchev–Trinajstić information content (AvgIpc) is 2.63. The fourth-order valence-electron chi connectivity index (χ4n) is 2.70. The molecule has 0 amide bonds. The van der Waals surface area contributed by atoms with Crippen LogP contribution in [0.5, 0.6) is 0 Å². The number of hydrogen-bond acceptors (Lipinski definition) is 4. The third-order valence-electron chi connectivity index (χ3n) is 3.57. The molecule has 0 aliphatic carbocycles. The van der Waals surface area contributed by atoms with Crippen molar-refractivity contribution in [1.29, 1.82) is 0 Å². The second-order valence-corrected chi connectivity index (χ2v) is 5.54. The van der Waals surface area contributed by atoms with Crippen LogP contribution in [0, 0.1) is 5.92 Å². The molecule has 2 unspecified atom stereocenters. The highest BCUT2D eigenvalue weighted by Gasteiger charge is 2.32. The van der Waals surface area contributed by atoms with Gasteiger partial charge in [0.25, 0.3) is 0 Å². The van der Waals surface area contributed by atoms with Crippen LogP contribution in [0.15, 0.2) is 0 Å². The Morgan fingerprint density at radius 2 is 2.19 bits per heavy atom. The first-order valence-corrected chi connectivity index (χ1v) is 6.22. The van der Waals surface area contributed by atoms with Crippen LogP contribution in [0.1, 0.15) is 13.8 Å². The van der Waals surface area contributed by atoms with Gasteiger partial charge < -0.3 is 14.8 Å². The van der Waals surface area contributed by atoms with Gasteiger partial charge in [0, 0.05) is 31.6 Å². The molecule has 4 heteroatoms. The SMILES string of the molecule is CNC1COCC1CN1CCOC(C)(C)C1. The standard InChI is InChI=1S/C12H24N2O2/c1-12(2)9-14(4-5-16-12)6-10-7-15-8-11(10)13-3/h10-11,13H,4-9H2,1-3H3. The molecule has 0 aromatic rings. The van der Waals surface area contributed by atoms with Crippen LogP contribution >= 0.6 is 0 Å². The number of ether oxygens (including phenoxy) is 2. The molecule has 94 valence electrons. The van der Waals surface area contributed by atoms with Crippen LogP contribution in [-0.4, -0.2) is 63.0 Å². The monoisotopic (exact) mass is 228 g/mol. The molecule has 2 heterocycles. The van der Waals surface area contributed by atoms with Crippen molar-refractivity contribution in [3.63, 3.8) is 0 Å². The Bertz CT molecular complexity index is 233. The molecule has 2 saturated heterocycles. The first kappa shape index (κ1) is 12.3. The molecule has 16 heavy (non-hydrogen) atoms. The summed E-state index contributed by atoms with van der Waals surface area (Å²) in [6.07, 6.45) is 0. The molecular weight excluding hydrogens is 204 g/mol. The van der Waals surface area contributed by atoms with Gasteiger partial charge in [0.2, 0.25) is 0 Å². The van der Waals surface area contributed by atoms with Crippen molar-refractivity contribution in [3.8, 4) is 0 Å². The van der Waals surface area contributed by atoms with Gasteiger partial charge in [-0.05, 0) is 20.9 Å². The zero-order chi connectivity index (χ0) is 11.6. The minimum absolute atomic E-state index is 0.00680. The maximum absolute atomic E-state index is 5.72. The maximum atomic E-state index is 5.72. The Morgan fingerprint density at radius 3 is 2.88 bits per heavy atom. The summed E-state index contributed by atoms with van der Waals surface area (Å²) < 4.78 is 11.3. The van der Waals surface area contributed by atoms with Crippen molar-refractivity contribution in [3.05, 3.63) is 0 Å². The number of rotatable bonds is 3. The Morgan fingerprint density at radius 1 is 1.38 bits per heavy atom. The Balaban J connectivity index is 1.84. The van der Waals surface area contributed by atoms with Gasteiger partial charge in [-0.25, -0.2) is 0 Å². The molecule has 2 atom stereocenters. The van der Waals surface area contributed by atoms with E-state index in [1.165, 1.54) is 0 Å². The summed E-state index contributed by atoms with van der Waals surface area (Å²) >= 11 is 0. The molecule has 2 rings (SSSR count).